The molecule has 116 valence electrons. The summed E-state index contributed by atoms with van der Waals surface area (Å²) in [5.41, 5.74) is 1.39. The van der Waals surface area contributed by atoms with Crippen molar-refractivity contribution >= 4 is 5.91 Å². The Morgan fingerprint density at radius 2 is 1.76 bits per heavy atom. The van der Waals surface area contributed by atoms with Gasteiger partial charge < -0.3 is 10.1 Å². The lowest BCUT2D eigenvalue weighted by Gasteiger charge is -2.21. The molecular weight excluding hydrogens is 262 g/mol. The standard InChI is InChI=1S/C18H27NO2/c1-13(17(20)19-15-7-5-6-8-15)21-16-11-9-14(10-12-16)18(2,3)4/h9-13,15H,5-8H2,1-4H3,(H,19,20)/t13-/m0/s1. The lowest BCUT2D eigenvalue weighted by atomic mass is 9.87. The van der Waals surface area contributed by atoms with E-state index >= 15 is 0 Å². The molecule has 0 aromatic heterocycles. The SMILES string of the molecule is C[C@H](Oc1ccc(C(C)(C)C)cc1)C(=O)NC1CCCC1. The van der Waals surface area contributed by atoms with Crippen LogP contribution in [0.2, 0.25) is 0 Å². The van der Waals surface area contributed by atoms with Crippen molar-refractivity contribution in [3.05, 3.63) is 29.8 Å². The quantitative estimate of drug-likeness (QED) is 0.915. The van der Waals surface area contributed by atoms with Crippen molar-refractivity contribution in [1.82, 2.24) is 5.32 Å². The Bertz CT molecular complexity index is 467. The molecule has 0 bridgehead atoms. The van der Waals surface area contributed by atoms with Crippen LogP contribution in [0.4, 0.5) is 0 Å². The van der Waals surface area contributed by atoms with Crippen LogP contribution in [0, 0.1) is 0 Å². The first-order chi connectivity index (χ1) is 9.86. The monoisotopic (exact) mass is 289 g/mol. The summed E-state index contributed by atoms with van der Waals surface area (Å²) in [7, 11) is 0. The minimum absolute atomic E-state index is 0.0122. The molecule has 1 atom stereocenters. The van der Waals surface area contributed by atoms with Crippen LogP contribution in [-0.4, -0.2) is 18.1 Å². The third kappa shape index (κ3) is 4.48. The van der Waals surface area contributed by atoms with Gasteiger partial charge in [0.2, 0.25) is 0 Å². The fourth-order valence-electron chi connectivity index (χ4n) is 2.68. The molecule has 1 aliphatic carbocycles. The van der Waals surface area contributed by atoms with E-state index in [-0.39, 0.29) is 11.3 Å². The number of nitrogens with one attached hydrogen (secondary N) is 1. The Morgan fingerprint density at radius 1 is 1.19 bits per heavy atom. The first kappa shape index (κ1) is 15.9. The summed E-state index contributed by atoms with van der Waals surface area (Å²) >= 11 is 0. The normalized spacial score (nSPS) is 17.5. The van der Waals surface area contributed by atoms with Crippen LogP contribution in [-0.2, 0) is 10.2 Å². The highest BCUT2D eigenvalue weighted by Gasteiger charge is 2.21. The summed E-state index contributed by atoms with van der Waals surface area (Å²) in [6, 6.07) is 8.36. The molecule has 0 radical (unpaired) electrons. The van der Waals surface area contributed by atoms with Crippen LogP contribution < -0.4 is 10.1 Å². The number of hydrogen-bond acceptors (Lipinski definition) is 2. The smallest absolute Gasteiger partial charge is 0.260 e. The van der Waals surface area contributed by atoms with Crippen molar-refractivity contribution in [2.75, 3.05) is 0 Å². The summed E-state index contributed by atoms with van der Waals surface area (Å²) in [6.45, 7) is 8.35. The zero-order chi connectivity index (χ0) is 15.5. The molecule has 0 heterocycles. The number of benzene rings is 1. The number of amides is 1. The fourth-order valence-corrected chi connectivity index (χ4v) is 2.68. The Morgan fingerprint density at radius 3 is 2.29 bits per heavy atom. The van der Waals surface area contributed by atoms with Crippen LogP contribution in [0.1, 0.15) is 58.9 Å². The summed E-state index contributed by atoms with van der Waals surface area (Å²) < 4.78 is 5.74. The fraction of sp³-hybridized carbons (Fsp3) is 0.611. The highest BCUT2D eigenvalue weighted by molar-refractivity contribution is 5.81. The van der Waals surface area contributed by atoms with Crippen molar-refractivity contribution in [3.63, 3.8) is 0 Å². The second-order valence-corrected chi connectivity index (χ2v) is 7.02. The Balaban J connectivity index is 1.89. The van der Waals surface area contributed by atoms with Gasteiger partial charge in [0.05, 0.1) is 0 Å². The zero-order valence-electron chi connectivity index (χ0n) is 13.6. The average molecular weight is 289 g/mol. The molecule has 1 N–H and O–H groups in total. The average Bonchev–Trinajstić information content (AvgIpc) is 2.91. The van der Waals surface area contributed by atoms with Crippen molar-refractivity contribution in [1.29, 1.82) is 0 Å². The van der Waals surface area contributed by atoms with Gasteiger partial charge in [-0.1, -0.05) is 45.7 Å². The van der Waals surface area contributed by atoms with E-state index in [1.165, 1.54) is 18.4 Å². The van der Waals surface area contributed by atoms with Crippen LogP contribution >= 0.6 is 0 Å². The molecule has 1 aliphatic rings. The maximum Gasteiger partial charge on any atom is 0.260 e. The molecule has 3 nitrogen and oxygen atoms in total. The minimum Gasteiger partial charge on any atom is -0.481 e. The first-order valence-electron chi connectivity index (χ1n) is 7.94. The third-order valence-electron chi connectivity index (χ3n) is 4.10. The summed E-state index contributed by atoms with van der Waals surface area (Å²) in [5, 5.41) is 3.07. The Labute approximate surface area is 128 Å². The van der Waals surface area contributed by atoms with Crippen LogP contribution in [0.5, 0.6) is 5.75 Å². The Kier molecular flexibility index (Phi) is 4.92. The van der Waals surface area contributed by atoms with Gasteiger partial charge in [-0.05, 0) is 42.9 Å². The van der Waals surface area contributed by atoms with E-state index in [4.69, 9.17) is 4.74 Å². The lowest BCUT2D eigenvalue weighted by Crippen LogP contribution is -2.41. The van der Waals surface area contributed by atoms with Gasteiger partial charge in [-0.25, -0.2) is 0 Å². The van der Waals surface area contributed by atoms with Crippen molar-refractivity contribution in [2.24, 2.45) is 0 Å². The molecule has 1 amide bonds. The summed E-state index contributed by atoms with van der Waals surface area (Å²) in [5.74, 6) is 0.735. The van der Waals surface area contributed by atoms with Crippen LogP contribution in [0.15, 0.2) is 24.3 Å². The molecular formula is C18H27NO2. The largest absolute Gasteiger partial charge is 0.481 e. The molecule has 3 heteroatoms. The predicted octanol–water partition coefficient (Wildman–Crippen LogP) is 3.81. The molecule has 1 aromatic rings. The summed E-state index contributed by atoms with van der Waals surface area (Å²) in [4.78, 5) is 12.1. The van der Waals surface area contributed by atoms with Gasteiger partial charge in [0.1, 0.15) is 5.75 Å². The van der Waals surface area contributed by atoms with E-state index < -0.39 is 6.10 Å². The van der Waals surface area contributed by atoms with E-state index in [0.29, 0.717) is 6.04 Å². The van der Waals surface area contributed by atoms with Gasteiger partial charge >= 0.3 is 0 Å². The second kappa shape index (κ2) is 6.50. The highest BCUT2D eigenvalue weighted by atomic mass is 16.5. The summed E-state index contributed by atoms with van der Waals surface area (Å²) in [6.07, 6.45) is 4.17. The van der Waals surface area contributed by atoms with Gasteiger partial charge in [-0.2, -0.15) is 0 Å². The van der Waals surface area contributed by atoms with Crippen LogP contribution in [0.3, 0.4) is 0 Å². The van der Waals surface area contributed by atoms with Crippen molar-refractivity contribution in [3.8, 4) is 5.75 Å². The molecule has 1 aromatic carbocycles. The van der Waals surface area contributed by atoms with Gasteiger partial charge in [-0.15, -0.1) is 0 Å². The molecule has 2 rings (SSSR count). The van der Waals surface area contributed by atoms with E-state index in [9.17, 15) is 4.79 Å². The lowest BCUT2D eigenvalue weighted by molar-refractivity contribution is -0.127. The van der Waals surface area contributed by atoms with E-state index in [0.717, 1.165) is 18.6 Å². The number of carbonyl (C=O) groups excluding carboxylic acids is 1. The minimum atomic E-state index is -0.453. The number of carbonyl (C=O) groups is 1. The van der Waals surface area contributed by atoms with Gasteiger partial charge in [-0.3, -0.25) is 4.79 Å². The molecule has 1 fully saturated rings. The zero-order valence-corrected chi connectivity index (χ0v) is 13.6. The maximum atomic E-state index is 12.1. The number of hydrogen-bond donors (Lipinski definition) is 1. The molecule has 0 unspecified atom stereocenters. The molecule has 0 spiro atoms. The van der Waals surface area contributed by atoms with E-state index in [1.54, 1.807) is 0 Å². The van der Waals surface area contributed by atoms with E-state index in [2.05, 4.69) is 38.2 Å². The van der Waals surface area contributed by atoms with Gasteiger partial charge in [0, 0.05) is 6.04 Å². The maximum absolute atomic E-state index is 12.1. The van der Waals surface area contributed by atoms with Crippen molar-refractivity contribution in [2.45, 2.75) is 70.9 Å². The molecule has 1 saturated carbocycles. The molecule has 0 saturated heterocycles. The van der Waals surface area contributed by atoms with Crippen LogP contribution in [0.25, 0.3) is 0 Å². The number of ether oxygens (including phenoxy) is 1. The van der Waals surface area contributed by atoms with Gasteiger partial charge in [0.25, 0.3) is 5.91 Å². The molecule has 21 heavy (non-hydrogen) atoms. The van der Waals surface area contributed by atoms with E-state index in [1.807, 2.05) is 19.1 Å². The first-order valence-corrected chi connectivity index (χ1v) is 7.94. The number of rotatable bonds is 4. The molecule has 0 aliphatic heterocycles. The highest BCUT2D eigenvalue weighted by Crippen LogP contribution is 2.24. The topological polar surface area (TPSA) is 38.3 Å². The van der Waals surface area contributed by atoms with Gasteiger partial charge in [0.15, 0.2) is 6.10 Å². The van der Waals surface area contributed by atoms with Crippen molar-refractivity contribution < 1.29 is 9.53 Å². The second-order valence-electron chi connectivity index (χ2n) is 7.02. The predicted molar refractivity (Wildman–Crippen MR) is 85.6 cm³/mol. The Hall–Kier alpha value is -1.51. The third-order valence-corrected chi connectivity index (χ3v) is 4.10.